The molecule has 0 saturated carbocycles. The van der Waals surface area contributed by atoms with E-state index < -0.39 is 17.0 Å². The standard InChI is InChI=1S/C12H19FN2O/c1-11(2,12(3,4)16)15-10-6-5-8(14)7-9(10)13/h5-7,15-16H,14H2,1-4H3. The maximum Gasteiger partial charge on any atom is 0.148 e. The van der Waals surface area contributed by atoms with E-state index in [0.717, 1.165) is 0 Å². The molecule has 1 rings (SSSR count). The largest absolute Gasteiger partial charge is 0.399 e. The fraction of sp³-hybridized carbons (Fsp3) is 0.500. The van der Waals surface area contributed by atoms with E-state index in [0.29, 0.717) is 11.4 Å². The lowest BCUT2D eigenvalue weighted by atomic mass is 9.86. The second-order valence-electron chi connectivity index (χ2n) is 5.05. The minimum absolute atomic E-state index is 0.335. The summed E-state index contributed by atoms with van der Waals surface area (Å²) < 4.78 is 13.5. The third kappa shape index (κ3) is 2.64. The quantitative estimate of drug-likeness (QED) is 0.693. The maximum atomic E-state index is 13.5. The van der Waals surface area contributed by atoms with Crippen molar-refractivity contribution < 1.29 is 9.50 Å². The van der Waals surface area contributed by atoms with Crippen molar-refractivity contribution in [2.75, 3.05) is 11.1 Å². The van der Waals surface area contributed by atoms with Crippen molar-refractivity contribution in [1.29, 1.82) is 0 Å². The van der Waals surface area contributed by atoms with Gasteiger partial charge in [-0.15, -0.1) is 0 Å². The van der Waals surface area contributed by atoms with Gasteiger partial charge in [-0.2, -0.15) is 0 Å². The highest BCUT2D eigenvalue weighted by Crippen LogP contribution is 2.27. The van der Waals surface area contributed by atoms with Crippen LogP contribution in [-0.2, 0) is 0 Å². The molecule has 4 N–H and O–H groups in total. The van der Waals surface area contributed by atoms with Crippen LogP contribution in [0.2, 0.25) is 0 Å². The molecule has 0 fully saturated rings. The summed E-state index contributed by atoms with van der Waals surface area (Å²) in [5.41, 5.74) is 4.55. The topological polar surface area (TPSA) is 58.3 Å². The second-order valence-corrected chi connectivity index (χ2v) is 5.05. The highest BCUT2D eigenvalue weighted by atomic mass is 19.1. The van der Waals surface area contributed by atoms with E-state index in [2.05, 4.69) is 5.32 Å². The Bertz CT molecular complexity index is 383. The summed E-state index contributed by atoms with van der Waals surface area (Å²) in [6, 6.07) is 4.44. The smallest absolute Gasteiger partial charge is 0.148 e. The van der Waals surface area contributed by atoms with E-state index in [9.17, 15) is 9.50 Å². The lowest BCUT2D eigenvalue weighted by Gasteiger charge is -2.39. The molecule has 0 saturated heterocycles. The number of nitrogen functional groups attached to an aromatic ring is 1. The van der Waals surface area contributed by atoms with E-state index in [4.69, 9.17) is 5.73 Å². The Morgan fingerprint density at radius 1 is 1.25 bits per heavy atom. The first-order valence-corrected chi connectivity index (χ1v) is 5.19. The summed E-state index contributed by atoms with van der Waals surface area (Å²) in [5, 5.41) is 12.9. The van der Waals surface area contributed by atoms with Crippen molar-refractivity contribution in [2.24, 2.45) is 0 Å². The predicted octanol–water partition coefficient (Wildman–Crippen LogP) is 2.37. The predicted molar refractivity (Wildman–Crippen MR) is 64.8 cm³/mol. The Labute approximate surface area is 95.5 Å². The third-order valence-electron chi connectivity index (χ3n) is 2.97. The third-order valence-corrected chi connectivity index (χ3v) is 2.97. The van der Waals surface area contributed by atoms with Gasteiger partial charge in [-0.05, 0) is 45.9 Å². The van der Waals surface area contributed by atoms with Crippen molar-refractivity contribution in [3.05, 3.63) is 24.0 Å². The zero-order chi connectivity index (χ0) is 12.6. The number of nitrogens with two attached hydrogens (primary N) is 1. The Morgan fingerprint density at radius 3 is 2.25 bits per heavy atom. The second kappa shape index (κ2) is 3.94. The van der Waals surface area contributed by atoms with Crippen molar-refractivity contribution in [1.82, 2.24) is 0 Å². The molecular formula is C12H19FN2O. The van der Waals surface area contributed by atoms with Crippen molar-refractivity contribution in [2.45, 2.75) is 38.8 Å². The average molecular weight is 226 g/mol. The zero-order valence-electron chi connectivity index (χ0n) is 10.1. The summed E-state index contributed by atoms with van der Waals surface area (Å²) >= 11 is 0. The van der Waals surface area contributed by atoms with Crippen LogP contribution >= 0.6 is 0 Å². The number of benzene rings is 1. The van der Waals surface area contributed by atoms with Crippen LogP contribution in [0, 0.1) is 5.82 Å². The molecule has 16 heavy (non-hydrogen) atoms. The minimum Gasteiger partial charge on any atom is -0.399 e. The average Bonchev–Trinajstić information content (AvgIpc) is 2.08. The van der Waals surface area contributed by atoms with Gasteiger partial charge in [0.1, 0.15) is 5.82 Å². The number of hydrogen-bond donors (Lipinski definition) is 3. The lowest BCUT2D eigenvalue weighted by Crippen LogP contribution is -2.51. The summed E-state index contributed by atoms with van der Waals surface area (Å²) in [4.78, 5) is 0. The van der Waals surface area contributed by atoms with Gasteiger partial charge in [0.2, 0.25) is 0 Å². The van der Waals surface area contributed by atoms with E-state index in [1.54, 1.807) is 26.0 Å². The number of halogens is 1. The van der Waals surface area contributed by atoms with Crippen molar-refractivity contribution in [3.8, 4) is 0 Å². The molecule has 0 aliphatic carbocycles. The molecule has 3 nitrogen and oxygen atoms in total. The summed E-state index contributed by atoms with van der Waals surface area (Å²) in [7, 11) is 0. The molecule has 90 valence electrons. The van der Waals surface area contributed by atoms with E-state index in [-0.39, 0.29) is 0 Å². The van der Waals surface area contributed by atoms with Crippen LogP contribution in [-0.4, -0.2) is 16.2 Å². The molecule has 0 bridgehead atoms. The first kappa shape index (κ1) is 12.8. The Hall–Kier alpha value is -1.29. The normalized spacial score (nSPS) is 12.6. The van der Waals surface area contributed by atoms with Gasteiger partial charge in [0.25, 0.3) is 0 Å². The van der Waals surface area contributed by atoms with Crippen LogP contribution in [0.25, 0.3) is 0 Å². The van der Waals surface area contributed by atoms with Crippen LogP contribution in [0.5, 0.6) is 0 Å². The number of rotatable bonds is 3. The van der Waals surface area contributed by atoms with E-state index >= 15 is 0 Å². The molecule has 0 aliphatic rings. The Balaban J connectivity index is 2.97. The zero-order valence-corrected chi connectivity index (χ0v) is 10.1. The molecule has 0 atom stereocenters. The molecular weight excluding hydrogens is 207 g/mol. The summed E-state index contributed by atoms with van der Waals surface area (Å²) in [5.74, 6) is -0.419. The van der Waals surface area contributed by atoms with Crippen molar-refractivity contribution >= 4 is 11.4 Å². The number of hydrogen-bond acceptors (Lipinski definition) is 3. The molecule has 0 heterocycles. The summed E-state index contributed by atoms with van der Waals surface area (Å²) in [6.07, 6.45) is 0. The number of anilines is 2. The van der Waals surface area contributed by atoms with Crippen LogP contribution in [0.1, 0.15) is 27.7 Å². The van der Waals surface area contributed by atoms with Crippen LogP contribution in [0.3, 0.4) is 0 Å². The van der Waals surface area contributed by atoms with Crippen LogP contribution in [0.15, 0.2) is 18.2 Å². The van der Waals surface area contributed by atoms with E-state index in [1.807, 2.05) is 13.8 Å². The number of nitrogens with one attached hydrogen (secondary N) is 1. The SMILES string of the molecule is CC(C)(O)C(C)(C)Nc1ccc(N)cc1F. The highest BCUT2D eigenvalue weighted by molar-refractivity contribution is 5.54. The molecule has 1 aromatic carbocycles. The fourth-order valence-electron chi connectivity index (χ4n) is 1.12. The fourth-order valence-corrected chi connectivity index (χ4v) is 1.12. The molecule has 0 amide bonds. The molecule has 0 unspecified atom stereocenters. The lowest BCUT2D eigenvalue weighted by molar-refractivity contribution is 0.0239. The van der Waals surface area contributed by atoms with Gasteiger partial charge in [-0.1, -0.05) is 0 Å². The van der Waals surface area contributed by atoms with Gasteiger partial charge in [0, 0.05) is 5.69 Å². The van der Waals surface area contributed by atoms with Gasteiger partial charge in [0.15, 0.2) is 0 Å². The van der Waals surface area contributed by atoms with Gasteiger partial charge in [-0.25, -0.2) is 4.39 Å². The first-order chi connectivity index (χ1) is 7.13. The molecule has 4 heteroatoms. The molecule has 0 aromatic heterocycles. The maximum absolute atomic E-state index is 13.5. The number of aliphatic hydroxyl groups is 1. The van der Waals surface area contributed by atoms with Crippen LogP contribution in [0.4, 0.5) is 15.8 Å². The molecule has 1 aromatic rings. The molecule has 0 aliphatic heterocycles. The minimum atomic E-state index is -0.971. The van der Waals surface area contributed by atoms with Gasteiger partial charge in [-0.3, -0.25) is 0 Å². The van der Waals surface area contributed by atoms with Gasteiger partial charge in [0.05, 0.1) is 16.8 Å². The monoisotopic (exact) mass is 226 g/mol. The highest BCUT2D eigenvalue weighted by Gasteiger charge is 2.35. The first-order valence-electron chi connectivity index (χ1n) is 5.19. The van der Waals surface area contributed by atoms with Crippen LogP contribution < -0.4 is 11.1 Å². The van der Waals surface area contributed by atoms with Gasteiger partial charge < -0.3 is 16.2 Å². The Morgan fingerprint density at radius 2 is 1.81 bits per heavy atom. The van der Waals surface area contributed by atoms with Gasteiger partial charge >= 0.3 is 0 Å². The van der Waals surface area contributed by atoms with Crippen molar-refractivity contribution in [3.63, 3.8) is 0 Å². The molecule has 0 spiro atoms. The Kier molecular flexibility index (Phi) is 3.15. The molecule has 0 radical (unpaired) electrons. The van der Waals surface area contributed by atoms with E-state index in [1.165, 1.54) is 6.07 Å². The summed E-state index contributed by atoms with van der Waals surface area (Å²) in [6.45, 7) is 6.97.